The predicted molar refractivity (Wildman–Crippen MR) is 90.6 cm³/mol. The molecular weight excluding hydrogens is 304 g/mol. The Morgan fingerprint density at radius 3 is 2.79 bits per heavy atom. The van der Waals surface area contributed by atoms with Crippen molar-refractivity contribution in [2.75, 3.05) is 19.7 Å². The average Bonchev–Trinajstić information content (AvgIpc) is 3.22. The van der Waals surface area contributed by atoms with Crippen LogP contribution in [0.5, 0.6) is 0 Å². The third-order valence-corrected chi connectivity index (χ3v) is 4.76. The van der Waals surface area contributed by atoms with Gasteiger partial charge in [-0.15, -0.1) is 0 Å². The number of benzene rings is 1. The molecule has 24 heavy (non-hydrogen) atoms. The number of likely N-dealkylation sites (tertiary alicyclic amines) is 1. The van der Waals surface area contributed by atoms with Gasteiger partial charge < -0.3 is 9.52 Å². The maximum Gasteiger partial charge on any atom is 0.209 e. The number of para-hydroxylation sites is 2. The standard InChI is InChI=1S/C18H22N4O2/c23-12-11-22-16(5-8-19-22)14-6-9-21(10-7-14)13-18-20-15-3-1-2-4-17(15)24-18/h1-5,8,14,23H,6-7,9-13H2. The molecule has 1 aliphatic heterocycles. The van der Waals surface area contributed by atoms with Gasteiger partial charge in [0.1, 0.15) is 5.52 Å². The van der Waals surface area contributed by atoms with Gasteiger partial charge in [0.05, 0.1) is 19.7 Å². The summed E-state index contributed by atoms with van der Waals surface area (Å²) in [5.41, 5.74) is 3.02. The lowest BCUT2D eigenvalue weighted by molar-refractivity contribution is 0.184. The van der Waals surface area contributed by atoms with E-state index < -0.39 is 0 Å². The van der Waals surface area contributed by atoms with Crippen molar-refractivity contribution in [1.82, 2.24) is 19.7 Å². The molecule has 1 saturated heterocycles. The molecular formula is C18H22N4O2. The highest BCUT2D eigenvalue weighted by Crippen LogP contribution is 2.28. The number of piperidine rings is 1. The Morgan fingerprint density at radius 1 is 1.17 bits per heavy atom. The van der Waals surface area contributed by atoms with Crippen LogP contribution in [0.25, 0.3) is 11.1 Å². The van der Waals surface area contributed by atoms with Crippen molar-refractivity contribution < 1.29 is 9.52 Å². The highest BCUT2D eigenvalue weighted by Gasteiger charge is 2.24. The molecule has 1 fully saturated rings. The zero-order chi connectivity index (χ0) is 16.4. The molecule has 0 amide bonds. The smallest absolute Gasteiger partial charge is 0.209 e. The van der Waals surface area contributed by atoms with Gasteiger partial charge in [-0.1, -0.05) is 12.1 Å². The lowest BCUT2D eigenvalue weighted by Crippen LogP contribution is -2.33. The average molecular weight is 326 g/mol. The molecule has 1 aromatic carbocycles. The Labute approximate surface area is 140 Å². The van der Waals surface area contributed by atoms with Crippen LogP contribution in [0.1, 0.15) is 30.3 Å². The summed E-state index contributed by atoms with van der Waals surface area (Å²) in [6.45, 7) is 3.51. The lowest BCUT2D eigenvalue weighted by Gasteiger charge is -2.31. The molecule has 6 nitrogen and oxygen atoms in total. The third kappa shape index (κ3) is 3.07. The number of hydrogen-bond donors (Lipinski definition) is 1. The second-order valence-corrected chi connectivity index (χ2v) is 6.33. The van der Waals surface area contributed by atoms with E-state index >= 15 is 0 Å². The van der Waals surface area contributed by atoms with Gasteiger partial charge in [-0.25, -0.2) is 4.98 Å². The van der Waals surface area contributed by atoms with E-state index in [4.69, 9.17) is 9.52 Å². The van der Waals surface area contributed by atoms with Gasteiger partial charge in [0.2, 0.25) is 5.89 Å². The molecule has 0 aliphatic carbocycles. The van der Waals surface area contributed by atoms with Crippen LogP contribution in [0.15, 0.2) is 40.9 Å². The Hall–Kier alpha value is -2.18. The first-order chi connectivity index (χ1) is 11.8. The summed E-state index contributed by atoms with van der Waals surface area (Å²) in [6, 6.07) is 9.97. The molecule has 4 rings (SSSR count). The summed E-state index contributed by atoms with van der Waals surface area (Å²) >= 11 is 0. The first-order valence-corrected chi connectivity index (χ1v) is 8.53. The van der Waals surface area contributed by atoms with Crippen LogP contribution >= 0.6 is 0 Å². The fourth-order valence-electron chi connectivity index (χ4n) is 3.54. The molecule has 0 radical (unpaired) electrons. The van der Waals surface area contributed by atoms with Crippen molar-refractivity contribution in [2.45, 2.75) is 31.8 Å². The Kier molecular flexibility index (Phi) is 4.32. The third-order valence-electron chi connectivity index (χ3n) is 4.76. The fourth-order valence-corrected chi connectivity index (χ4v) is 3.54. The van der Waals surface area contributed by atoms with Gasteiger partial charge in [0.25, 0.3) is 0 Å². The summed E-state index contributed by atoms with van der Waals surface area (Å²) in [4.78, 5) is 6.96. The highest BCUT2D eigenvalue weighted by atomic mass is 16.3. The van der Waals surface area contributed by atoms with Gasteiger partial charge in [-0.2, -0.15) is 5.10 Å². The van der Waals surface area contributed by atoms with Crippen molar-refractivity contribution in [3.8, 4) is 0 Å². The summed E-state index contributed by atoms with van der Waals surface area (Å²) in [7, 11) is 0. The number of fused-ring (bicyclic) bond motifs is 1. The van der Waals surface area contributed by atoms with Gasteiger partial charge in [-0.3, -0.25) is 9.58 Å². The molecule has 3 aromatic rings. The highest BCUT2D eigenvalue weighted by molar-refractivity contribution is 5.72. The number of aromatic nitrogens is 3. The molecule has 1 aliphatic rings. The summed E-state index contributed by atoms with van der Waals surface area (Å²) in [6.07, 6.45) is 4.02. The van der Waals surface area contributed by atoms with Crippen LogP contribution in [0.2, 0.25) is 0 Å². The van der Waals surface area contributed by atoms with E-state index in [2.05, 4.69) is 21.0 Å². The van der Waals surface area contributed by atoms with Crippen molar-refractivity contribution in [3.63, 3.8) is 0 Å². The minimum atomic E-state index is 0.130. The minimum absolute atomic E-state index is 0.130. The Morgan fingerprint density at radius 2 is 2.00 bits per heavy atom. The van der Waals surface area contributed by atoms with E-state index in [0.717, 1.165) is 49.5 Å². The number of aliphatic hydroxyl groups excluding tert-OH is 1. The van der Waals surface area contributed by atoms with Crippen LogP contribution in [0.3, 0.4) is 0 Å². The quantitative estimate of drug-likeness (QED) is 0.780. The molecule has 126 valence electrons. The number of oxazole rings is 1. The molecule has 0 spiro atoms. The second kappa shape index (κ2) is 6.75. The van der Waals surface area contributed by atoms with E-state index in [0.29, 0.717) is 12.5 Å². The monoisotopic (exact) mass is 326 g/mol. The lowest BCUT2D eigenvalue weighted by atomic mass is 9.93. The molecule has 0 saturated carbocycles. The van der Waals surface area contributed by atoms with E-state index in [1.54, 1.807) is 0 Å². The van der Waals surface area contributed by atoms with E-state index in [-0.39, 0.29) is 6.61 Å². The number of nitrogens with zero attached hydrogens (tertiary/aromatic N) is 4. The molecule has 1 N–H and O–H groups in total. The first kappa shape index (κ1) is 15.4. The summed E-state index contributed by atoms with van der Waals surface area (Å²) < 4.78 is 7.76. The first-order valence-electron chi connectivity index (χ1n) is 8.53. The van der Waals surface area contributed by atoms with Crippen LogP contribution in [0, 0.1) is 0 Å². The second-order valence-electron chi connectivity index (χ2n) is 6.33. The van der Waals surface area contributed by atoms with Gasteiger partial charge in [0.15, 0.2) is 5.58 Å². The van der Waals surface area contributed by atoms with Crippen LogP contribution in [0.4, 0.5) is 0 Å². The molecule has 0 atom stereocenters. The number of rotatable bonds is 5. The molecule has 6 heteroatoms. The largest absolute Gasteiger partial charge is 0.439 e. The Bertz CT molecular complexity index is 769. The van der Waals surface area contributed by atoms with Crippen molar-refractivity contribution in [3.05, 3.63) is 48.1 Å². The van der Waals surface area contributed by atoms with Gasteiger partial charge in [-0.05, 0) is 44.1 Å². The van der Waals surface area contributed by atoms with E-state index in [1.165, 1.54) is 5.69 Å². The van der Waals surface area contributed by atoms with Crippen LogP contribution < -0.4 is 0 Å². The normalized spacial score (nSPS) is 16.9. The molecule has 0 unspecified atom stereocenters. The topological polar surface area (TPSA) is 67.3 Å². The van der Waals surface area contributed by atoms with Crippen LogP contribution in [-0.2, 0) is 13.1 Å². The van der Waals surface area contributed by atoms with Gasteiger partial charge >= 0.3 is 0 Å². The molecule has 2 aromatic heterocycles. The molecule has 0 bridgehead atoms. The number of hydrogen-bond acceptors (Lipinski definition) is 5. The zero-order valence-corrected chi connectivity index (χ0v) is 13.6. The molecule has 3 heterocycles. The van der Waals surface area contributed by atoms with E-state index in [9.17, 15) is 0 Å². The van der Waals surface area contributed by atoms with E-state index in [1.807, 2.05) is 35.1 Å². The maximum absolute atomic E-state index is 9.14. The summed E-state index contributed by atoms with van der Waals surface area (Å²) in [5.74, 6) is 1.30. The summed E-state index contributed by atoms with van der Waals surface area (Å²) in [5, 5.41) is 13.5. The van der Waals surface area contributed by atoms with Crippen molar-refractivity contribution in [1.29, 1.82) is 0 Å². The van der Waals surface area contributed by atoms with Crippen molar-refractivity contribution >= 4 is 11.1 Å². The Balaban J connectivity index is 1.38. The predicted octanol–water partition coefficient (Wildman–Crippen LogP) is 2.40. The maximum atomic E-state index is 9.14. The fraction of sp³-hybridized carbons (Fsp3) is 0.444. The SMILES string of the molecule is OCCn1nccc1C1CCN(Cc2nc3ccccc3o2)CC1. The van der Waals surface area contributed by atoms with Crippen molar-refractivity contribution in [2.24, 2.45) is 0 Å². The van der Waals surface area contributed by atoms with Gasteiger partial charge in [0, 0.05) is 17.8 Å². The minimum Gasteiger partial charge on any atom is -0.439 e. The zero-order valence-electron chi connectivity index (χ0n) is 13.6. The van der Waals surface area contributed by atoms with Crippen LogP contribution in [-0.4, -0.2) is 44.5 Å². The number of aliphatic hydroxyl groups is 1.